The minimum atomic E-state index is -0.902. The number of benzene rings is 2. The van der Waals surface area contributed by atoms with Crippen LogP contribution in [-0.2, 0) is 0 Å². The number of nitrogens with one attached hydrogen (secondary N) is 2. The Hall–Kier alpha value is -4.00. The number of hydrogen-bond acceptors (Lipinski definition) is 8. The van der Waals surface area contributed by atoms with Crippen LogP contribution in [0.4, 0.5) is 22.7 Å². The fraction of sp³-hybridized carbons (Fsp3) is 0. The summed E-state index contributed by atoms with van der Waals surface area (Å²) in [6.45, 7) is 0. The van der Waals surface area contributed by atoms with Crippen molar-refractivity contribution in [2.24, 2.45) is 0 Å². The first-order valence-electron chi connectivity index (χ1n) is 6.98. The molecular formula is C14H9N5O7S. The first-order valence-corrected chi connectivity index (χ1v) is 7.39. The van der Waals surface area contributed by atoms with Gasteiger partial charge in [-0.25, -0.2) is 0 Å². The van der Waals surface area contributed by atoms with E-state index in [1.54, 1.807) is 0 Å². The molecule has 0 saturated carbocycles. The van der Waals surface area contributed by atoms with Gasteiger partial charge in [-0.2, -0.15) is 0 Å². The van der Waals surface area contributed by atoms with Gasteiger partial charge in [0.2, 0.25) is 0 Å². The summed E-state index contributed by atoms with van der Waals surface area (Å²) in [4.78, 5) is 42.2. The number of carbonyl (C=O) groups is 1. The molecule has 0 atom stereocenters. The van der Waals surface area contributed by atoms with E-state index < -0.39 is 32.1 Å². The summed E-state index contributed by atoms with van der Waals surface area (Å²) in [6.07, 6.45) is 0. The summed E-state index contributed by atoms with van der Waals surface area (Å²) >= 11 is 4.92. The molecule has 138 valence electrons. The number of hydrogen-bond donors (Lipinski definition) is 2. The smallest absolute Gasteiger partial charge is 0.277 e. The number of nitro groups is 3. The second kappa shape index (κ2) is 7.92. The van der Waals surface area contributed by atoms with Crippen LogP contribution in [0.3, 0.4) is 0 Å². The Kier molecular flexibility index (Phi) is 5.67. The van der Waals surface area contributed by atoms with Crippen molar-refractivity contribution in [3.63, 3.8) is 0 Å². The fourth-order valence-electron chi connectivity index (χ4n) is 1.94. The van der Waals surface area contributed by atoms with E-state index in [2.05, 4.69) is 10.6 Å². The van der Waals surface area contributed by atoms with E-state index in [1.165, 1.54) is 24.3 Å². The lowest BCUT2D eigenvalue weighted by Crippen LogP contribution is -2.34. The van der Waals surface area contributed by atoms with Gasteiger partial charge in [0.05, 0.1) is 26.4 Å². The van der Waals surface area contributed by atoms with Crippen LogP contribution in [0.1, 0.15) is 10.4 Å². The number of nitro benzene ring substituents is 3. The van der Waals surface area contributed by atoms with E-state index in [0.717, 1.165) is 18.2 Å². The highest BCUT2D eigenvalue weighted by molar-refractivity contribution is 7.80. The zero-order valence-electron chi connectivity index (χ0n) is 13.1. The quantitative estimate of drug-likeness (QED) is 0.441. The molecule has 0 fully saturated rings. The lowest BCUT2D eigenvalue weighted by atomic mass is 10.1. The van der Waals surface area contributed by atoms with Crippen LogP contribution < -0.4 is 10.6 Å². The molecule has 12 nitrogen and oxygen atoms in total. The summed E-state index contributed by atoms with van der Waals surface area (Å²) in [5.41, 5.74) is -1.37. The summed E-state index contributed by atoms with van der Waals surface area (Å²) < 4.78 is 0. The molecule has 13 heteroatoms. The summed E-state index contributed by atoms with van der Waals surface area (Å²) in [5.74, 6) is -0.902. The Balaban J connectivity index is 2.14. The predicted octanol–water partition coefficient (Wildman–Crippen LogP) is 2.54. The molecule has 0 aliphatic rings. The maximum atomic E-state index is 12.2. The summed E-state index contributed by atoms with van der Waals surface area (Å²) in [5, 5.41) is 36.9. The van der Waals surface area contributed by atoms with Gasteiger partial charge < -0.3 is 5.32 Å². The predicted molar refractivity (Wildman–Crippen MR) is 96.5 cm³/mol. The number of thiocarbonyl (C=S) groups is 1. The highest BCUT2D eigenvalue weighted by Crippen LogP contribution is 2.22. The number of nitrogens with zero attached hydrogens (tertiary/aromatic N) is 3. The maximum Gasteiger partial charge on any atom is 0.277 e. The lowest BCUT2D eigenvalue weighted by molar-refractivity contribution is -0.394. The zero-order valence-corrected chi connectivity index (χ0v) is 14.0. The summed E-state index contributed by atoms with van der Waals surface area (Å²) in [6, 6.07) is 7.62. The molecule has 27 heavy (non-hydrogen) atoms. The molecule has 2 rings (SSSR count). The van der Waals surface area contributed by atoms with Crippen molar-refractivity contribution in [1.82, 2.24) is 5.32 Å². The molecule has 2 aromatic rings. The molecular weight excluding hydrogens is 382 g/mol. The maximum absolute atomic E-state index is 12.2. The fourth-order valence-corrected chi connectivity index (χ4v) is 2.15. The number of carbonyl (C=O) groups excluding carboxylic acids is 1. The lowest BCUT2D eigenvalue weighted by Gasteiger charge is -2.09. The van der Waals surface area contributed by atoms with Crippen LogP contribution in [0, 0.1) is 30.3 Å². The normalized spacial score (nSPS) is 9.93. The molecule has 1 amide bonds. The van der Waals surface area contributed by atoms with Gasteiger partial charge in [-0.05, 0) is 24.4 Å². The van der Waals surface area contributed by atoms with Crippen LogP contribution in [-0.4, -0.2) is 25.8 Å². The van der Waals surface area contributed by atoms with Crippen molar-refractivity contribution in [2.75, 3.05) is 5.32 Å². The Morgan fingerprint density at radius 1 is 0.815 bits per heavy atom. The molecule has 0 aromatic heterocycles. The molecule has 0 unspecified atom stereocenters. The molecule has 0 saturated heterocycles. The molecule has 0 bridgehead atoms. The van der Waals surface area contributed by atoms with E-state index in [9.17, 15) is 35.1 Å². The van der Waals surface area contributed by atoms with Gasteiger partial charge in [-0.1, -0.05) is 0 Å². The van der Waals surface area contributed by atoms with Crippen LogP contribution in [0.5, 0.6) is 0 Å². The topological polar surface area (TPSA) is 171 Å². The molecule has 2 N–H and O–H groups in total. The van der Waals surface area contributed by atoms with E-state index in [4.69, 9.17) is 12.2 Å². The van der Waals surface area contributed by atoms with Crippen molar-refractivity contribution in [3.8, 4) is 0 Å². The van der Waals surface area contributed by atoms with Gasteiger partial charge in [-0.3, -0.25) is 40.5 Å². The largest absolute Gasteiger partial charge is 0.332 e. The first kappa shape index (κ1) is 19.3. The van der Waals surface area contributed by atoms with Crippen LogP contribution >= 0.6 is 12.2 Å². The van der Waals surface area contributed by atoms with E-state index in [1.807, 2.05) is 0 Å². The Morgan fingerprint density at radius 3 is 1.74 bits per heavy atom. The number of anilines is 1. The Labute approximate surface area is 155 Å². The van der Waals surface area contributed by atoms with Gasteiger partial charge in [-0.15, -0.1) is 0 Å². The molecule has 2 aromatic carbocycles. The van der Waals surface area contributed by atoms with Crippen LogP contribution in [0.2, 0.25) is 0 Å². The van der Waals surface area contributed by atoms with Crippen molar-refractivity contribution >= 4 is 46.0 Å². The molecule has 0 heterocycles. The Morgan fingerprint density at radius 2 is 1.30 bits per heavy atom. The number of rotatable bonds is 5. The Bertz CT molecular complexity index is 929. The number of non-ortho nitro benzene ring substituents is 3. The molecule has 0 aliphatic heterocycles. The minimum Gasteiger partial charge on any atom is -0.332 e. The van der Waals surface area contributed by atoms with Gasteiger partial charge >= 0.3 is 0 Å². The SMILES string of the molecule is O=C(NC(=S)Nc1ccc([N+](=O)[O-])cc1)c1cc([N+](=O)[O-])cc([N+](=O)[O-])c1. The second-order valence-corrected chi connectivity index (χ2v) is 5.37. The van der Waals surface area contributed by atoms with Crippen molar-refractivity contribution in [3.05, 3.63) is 78.4 Å². The standard InChI is InChI=1S/C14H9N5O7S/c20-13(8-5-11(18(23)24)7-12(6-8)19(25)26)16-14(27)15-9-1-3-10(4-2-9)17(21)22/h1-7H,(H2,15,16,20,27). The number of amides is 1. The minimum absolute atomic E-state index is 0.139. The highest BCUT2D eigenvalue weighted by Gasteiger charge is 2.20. The second-order valence-electron chi connectivity index (χ2n) is 4.96. The van der Waals surface area contributed by atoms with E-state index in [0.29, 0.717) is 5.69 Å². The monoisotopic (exact) mass is 391 g/mol. The van der Waals surface area contributed by atoms with Crippen LogP contribution in [0.25, 0.3) is 0 Å². The first-order chi connectivity index (χ1) is 12.7. The molecule has 0 aliphatic carbocycles. The molecule has 0 radical (unpaired) electrons. The van der Waals surface area contributed by atoms with Crippen molar-refractivity contribution in [1.29, 1.82) is 0 Å². The third-order valence-electron chi connectivity index (χ3n) is 3.15. The summed E-state index contributed by atoms with van der Waals surface area (Å²) in [7, 11) is 0. The zero-order chi connectivity index (χ0) is 20.1. The molecule has 0 spiro atoms. The van der Waals surface area contributed by atoms with E-state index >= 15 is 0 Å². The van der Waals surface area contributed by atoms with E-state index in [-0.39, 0.29) is 16.4 Å². The van der Waals surface area contributed by atoms with Crippen molar-refractivity contribution < 1.29 is 19.6 Å². The highest BCUT2D eigenvalue weighted by atomic mass is 32.1. The third-order valence-corrected chi connectivity index (χ3v) is 3.35. The van der Waals surface area contributed by atoms with Crippen molar-refractivity contribution in [2.45, 2.75) is 0 Å². The average molecular weight is 391 g/mol. The van der Waals surface area contributed by atoms with Gasteiger partial charge in [0, 0.05) is 30.0 Å². The van der Waals surface area contributed by atoms with Crippen LogP contribution in [0.15, 0.2) is 42.5 Å². The average Bonchev–Trinajstić information content (AvgIpc) is 2.61. The van der Waals surface area contributed by atoms with Gasteiger partial charge in [0.1, 0.15) is 0 Å². The van der Waals surface area contributed by atoms with Gasteiger partial charge in [0.15, 0.2) is 5.11 Å². The third kappa shape index (κ3) is 4.99. The van der Waals surface area contributed by atoms with Gasteiger partial charge in [0.25, 0.3) is 23.0 Å².